The lowest BCUT2D eigenvalue weighted by atomic mass is 10.1. The topological polar surface area (TPSA) is 80.3 Å². The summed E-state index contributed by atoms with van der Waals surface area (Å²) >= 11 is 3.44. The molecule has 6 nitrogen and oxygen atoms in total. The van der Waals surface area contributed by atoms with Gasteiger partial charge in [0.05, 0.1) is 22.6 Å². The molecule has 0 aliphatic carbocycles. The maximum atomic E-state index is 10.8. The van der Waals surface area contributed by atoms with Crippen molar-refractivity contribution in [3.8, 4) is 11.3 Å². The van der Waals surface area contributed by atoms with Gasteiger partial charge < -0.3 is 9.52 Å². The maximum absolute atomic E-state index is 10.8. The van der Waals surface area contributed by atoms with Crippen LogP contribution in [0.1, 0.15) is 0 Å². The molecule has 0 atom stereocenters. The number of hydrogen-bond acceptors (Lipinski definition) is 3. The van der Waals surface area contributed by atoms with Gasteiger partial charge in [-0.15, -0.1) is 0 Å². The fourth-order valence-corrected chi connectivity index (χ4v) is 2.73. The number of rotatable bonds is 2. The molecule has 0 bridgehead atoms. The summed E-state index contributed by atoms with van der Waals surface area (Å²) in [6.07, 6.45) is 2.15. The number of benzene rings is 1. The largest absolute Gasteiger partial charge is 0.465 e. The van der Waals surface area contributed by atoms with Crippen molar-refractivity contribution in [1.82, 2.24) is 9.78 Å². The van der Waals surface area contributed by atoms with Crippen molar-refractivity contribution in [3.05, 3.63) is 35.1 Å². The number of fused-ring (bicyclic) bond motifs is 1. The zero-order valence-corrected chi connectivity index (χ0v) is 12.0. The molecule has 3 aromatic rings. The van der Waals surface area contributed by atoms with E-state index in [9.17, 15) is 4.79 Å². The van der Waals surface area contributed by atoms with E-state index < -0.39 is 6.09 Å². The summed E-state index contributed by atoms with van der Waals surface area (Å²) < 4.78 is 8.02. The summed E-state index contributed by atoms with van der Waals surface area (Å²) in [7, 11) is 1.81. The van der Waals surface area contributed by atoms with Crippen LogP contribution < -0.4 is 5.32 Å². The van der Waals surface area contributed by atoms with Gasteiger partial charge in [0.2, 0.25) is 0 Å². The lowest BCUT2D eigenvalue weighted by Gasteiger charge is -2.08. The van der Waals surface area contributed by atoms with Crippen LogP contribution in [-0.4, -0.2) is 21.0 Å². The summed E-state index contributed by atoms with van der Waals surface area (Å²) in [6, 6.07) is 5.23. The van der Waals surface area contributed by atoms with E-state index in [-0.39, 0.29) is 0 Å². The Morgan fingerprint density at radius 3 is 2.95 bits per heavy atom. The predicted octanol–water partition coefficient (Wildman–Crippen LogP) is 3.69. The van der Waals surface area contributed by atoms with E-state index in [0.29, 0.717) is 11.3 Å². The van der Waals surface area contributed by atoms with Crippen molar-refractivity contribution in [2.75, 3.05) is 5.32 Å². The number of nitrogens with zero attached hydrogens (tertiary/aromatic N) is 2. The summed E-state index contributed by atoms with van der Waals surface area (Å²) in [5, 5.41) is 16.2. The number of anilines is 1. The standard InChI is InChI=1S/C13H10BrN3O3/c1-17-11(10(14)6-15-17)9-5-8(16-13(18)19)4-7-2-3-20-12(7)9/h2-6,16H,1H3,(H,18,19). The average molecular weight is 336 g/mol. The van der Waals surface area contributed by atoms with Gasteiger partial charge in [0, 0.05) is 23.7 Å². The number of aryl methyl sites for hydroxylation is 1. The monoisotopic (exact) mass is 335 g/mol. The van der Waals surface area contributed by atoms with Gasteiger partial charge in [-0.3, -0.25) is 10.00 Å². The van der Waals surface area contributed by atoms with Crippen LogP contribution in [0, 0.1) is 0 Å². The number of carbonyl (C=O) groups is 1. The number of furan rings is 1. The molecule has 1 aromatic carbocycles. The summed E-state index contributed by atoms with van der Waals surface area (Å²) in [4.78, 5) is 10.8. The van der Waals surface area contributed by atoms with Crippen LogP contribution in [0.15, 0.2) is 39.5 Å². The third-order valence-corrected chi connectivity index (χ3v) is 3.53. The molecule has 7 heteroatoms. The molecule has 2 heterocycles. The smallest absolute Gasteiger partial charge is 0.409 e. The van der Waals surface area contributed by atoms with Crippen LogP contribution in [0.3, 0.4) is 0 Å². The molecule has 0 saturated carbocycles. The highest BCUT2D eigenvalue weighted by Gasteiger charge is 2.16. The van der Waals surface area contributed by atoms with Crippen LogP contribution in [0.5, 0.6) is 0 Å². The number of amides is 1. The highest BCUT2D eigenvalue weighted by atomic mass is 79.9. The van der Waals surface area contributed by atoms with Crippen molar-refractivity contribution in [2.45, 2.75) is 0 Å². The minimum Gasteiger partial charge on any atom is -0.465 e. The Morgan fingerprint density at radius 1 is 1.50 bits per heavy atom. The lowest BCUT2D eigenvalue weighted by Crippen LogP contribution is -2.07. The van der Waals surface area contributed by atoms with Crippen molar-refractivity contribution >= 4 is 38.7 Å². The number of halogens is 1. The molecule has 0 unspecified atom stereocenters. The zero-order chi connectivity index (χ0) is 14.3. The first-order valence-corrected chi connectivity index (χ1v) is 6.54. The number of hydrogen-bond donors (Lipinski definition) is 2. The van der Waals surface area contributed by atoms with E-state index in [1.54, 1.807) is 35.3 Å². The molecule has 1 amide bonds. The molecule has 0 saturated heterocycles. The zero-order valence-electron chi connectivity index (χ0n) is 10.4. The lowest BCUT2D eigenvalue weighted by molar-refractivity contribution is 0.210. The molecule has 0 radical (unpaired) electrons. The van der Waals surface area contributed by atoms with Crippen LogP contribution in [0.25, 0.3) is 22.2 Å². The molecule has 0 fully saturated rings. The average Bonchev–Trinajstić information content (AvgIpc) is 2.95. The molecule has 20 heavy (non-hydrogen) atoms. The number of nitrogens with one attached hydrogen (secondary N) is 1. The molecule has 102 valence electrons. The van der Waals surface area contributed by atoms with Gasteiger partial charge in [0.1, 0.15) is 5.58 Å². The first-order chi connectivity index (χ1) is 9.56. The highest BCUT2D eigenvalue weighted by molar-refractivity contribution is 9.10. The fourth-order valence-electron chi connectivity index (χ4n) is 2.17. The number of carboxylic acid groups (broad SMARTS) is 1. The molecular weight excluding hydrogens is 326 g/mol. The Bertz CT molecular complexity index is 787. The van der Waals surface area contributed by atoms with Crippen molar-refractivity contribution in [3.63, 3.8) is 0 Å². The summed E-state index contributed by atoms with van der Waals surface area (Å²) in [5.74, 6) is 0. The molecule has 3 rings (SSSR count). The number of aromatic nitrogens is 2. The van der Waals surface area contributed by atoms with Gasteiger partial charge >= 0.3 is 6.09 Å². The van der Waals surface area contributed by atoms with Crippen LogP contribution in [0.4, 0.5) is 10.5 Å². The SMILES string of the molecule is Cn1ncc(Br)c1-c1cc(NC(=O)O)cc2ccoc12. The predicted molar refractivity (Wildman–Crippen MR) is 77.8 cm³/mol. The van der Waals surface area contributed by atoms with Gasteiger partial charge in [0.25, 0.3) is 0 Å². The van der Waals surface area contributed by atoms with Crippen molar-refractivity contribution in [2.24, 2.45) is 7.05 Å². The normalized spacial score (nSPS) is 10.9. The maximum Gasteiger partial charge on any atom is 0.409 e. The Morgan fingerprint density at radius 2 is 2.30 bits per heavy atom. The first kappa shape index (κ1) is 12.7. The molecule has 2 N–H and O–H groups in total. The van der Waals surface area contributed by atoms with Gasteiger partial charge in [0.15, 0.2) is 0 Å². The molecule has 0 aliphatic rings. The van der Waals surface area contributed by atoms with E-state index in [1.807, 2.05) is 7.05 Å². The van der Waals surface area contributed by atoms with Gasteiger partial charge in [-0.2, -0.15) is 5.10 Å². The second-order valence-corrected chi connectivity index (χ2v) is 5.11. The third-order valence-electron chi connectivity index (χ3n) is 2.95. The Balaban J connectivity index is 2.28. The molecular formula is C13H10BrN3O3. The van der Waals surface area contributed by atoms with Gasteiger partial charge in [-0.25, -0.2) is 4.79 Å². The van der Waals surface area contributed by atoms with Gasteiger partial charge in [-0.1, -0.05) is 0 Å². The quantitative estimate of drug-likeness (QED) is 0.748. The molecule has 2 aromatic heterocycles. The van der Waals surface area contributed by atoms with Crippen LogP contribution >= 0.6 is 15.9 Å². The summed E-state index contributed by atoms with van der Waals surface area (Å²) in [6.45, 7) is 0. The Labute approximate surface area is 122 Å². The van der Waals surface area contributed by atoms with Crippen LogP contribution in [0.2, 0.25) is 0 Å². The highest BCUT2D eigenvalue weighted by Crippen LogP contribution is 2.36. The first-order valence-electron chi connectivity index (χ1n) is 5.75. The second kappa shape index (κ2) is 4.68. The van der Waals surface area contributed by atoms with E-state index in [0.717, 1.165) is 21.1 Å². The van der Waals surface area contributed by atoms with E-state index in [4.69, 9.17) is 9.52 Å². The second-order valence-electron chi connectivity index (χ2n) is 4.26. The fraction of sp³-hybridized carbons (Fsp3) is 0.0769. The minimum atomic E-state index is -1.11. The molecule has 0 aliphatic heterocycles. The van der Waals surface area contributed by atoms with E-state index in [1.165, 1.54) is 0 Å². The van der Waals surface area contributed by atoms with E-state index >= 15 is 0 Å². The van der Waals surface area contributed by atoms with Crippen LogP contribution in [-0.2, 0) is 7.05 Å². The Kier molecular flexibility index (Phi) is 2.98. The van der Waals surface area contributed by atoms with Crippen molar-refractivity contribution in [1.29, 1.82) is 0 Å². The summed E-state index contributed by atoms with van der Waals surface area (Å²) in [5.41, 5.74) is 2.75. The van der Waals surface area contributed by atoms with Gasteiger partial charge in [-0.05, 0) is 34.1 Å². The van der Waals surface area contributed by atoms with Crippen molar-refractivity contribution < 1.29 is 14.3 Å². The molecule has 0 spiro atoms. The Hall–Kier alpha value is -2.28. The minimum absolute atomic E-state index is 0.481. The van der Waals surface area contributed by atoms with E-state index in [2.05, 4.69) is 26.3 Å². The third kappa shape index (κ3) is 2.05.